The van der Waals surface area contributed by atoms with Gasteiger partial charge in [0.05, 0.1) is 11.6 Å². The molecule has 0 bridgehead atoms. The Hall–Kier alpha value is -2.80. The van der Waals surface area contributed by atoms with Crippen LogP contribution < -0.4 is 10.1 Å². The summed E-state index contributed by atoms with van der Waals surface area (Å²) in [6.45, 7) is 8.15. The van der Waals surface area contributed by atoms with Crippen molar-refractivity contribution in [2.75, 3.05) is 5.32 Å². The lowest BCUT2D eigenvalue weighted by atomic mass is 9.87. The van der Waals surface area contributed by atoms with Gasteiger partial charge in [0.2, 0.25) is 0 Å². The van der Waals surface area contributed by atoms with Crippen molar-refractivity contribution in [3.8, 4) is 11.8 Å². The van der Waals surface area contributed by atoms with Crippen LogP contribution in [-0.4, -0.2) is 12.0 Å². The average molecular weight is 322 g/mol. The predicted octanol–water partition coefficient (Wildman–Crippen LogP) is 4.26. The summed E-state index contributed by atoms with van der Waals surface area (Å²) in [4.78, 5) is 12.2. The zero-order chi connectivity index (χ0) is 17.7. The average Bonchev–Trinajstić information content (AvgIpc) is 2.55. The number of rotatable bonds is 4. The van der Waals surface area contributed by atoms with E-state index in [1.165, 1.54) is 5.56 Å². The van der Waals surface area contributed by atoms with E-state index in [-0.39, 0.29) is 11.3 Å². The van der Waals surface area contributed by atoms with Crippen molar-refractivity contribution in [1.29, 1.82) is 5.26 Å². The standard InChI is InChI=1S/C20H22N2O2/c1-14(19(23)22-17-9-5-15(13-21)6-10-17)24-18-11-7-16(8-12-18)20(2,3)4/h5-12,14H,1-4H3,(H,22,23)/t14-/m1/s1. The Bertz CT molecular complexity index is 735. The Morgan fingerprint density at radius 3 is 2.17 bits per heavy atom. The van der Waals surface area contributed by atoms with E-state index in [4.69, 9.17) is 10.00 Å². The van der Waals surface area contributed by atoms with Gasteiger partial charge in [-0.2, -0.15) is 5.26 Å². The summed E-state index contributed by atoms with van der Waals surface area (Å²) in [6, 6.07) is 16.5. The first-order valence-electron chi connectivity index (χ1n) is 7.88. The first-order valence-corrected chi connectivity index (χ1v) is 7.88. The third-order valence-electron chi connectivity index (χ3n) is 3.68. The summed E-state index contributed by atoms with van der Waals surface area (Å²) in [5, 5.41) is 11.6. The van der Waals surface area contributed by atoms with Crippen LogP contribution in [0.25, 0.3) is 0 Å². The van der Waals surface area contributed by atoms with Crippen LogP contribution in [0.5, 0.6) is 5.75 Å². The third kappa shape index (κ3) is 4.60. The van der Waals surface area contributed by atoms with Gasteiger partial charge in [-0.05, 0) is 54.3 Å². The maximum Gasteiger partial charge on any atom is 0.265 e. The van der Waals surface area contributed by atoms with Gasteiger partial charge in [0.15, 0.2) is 6.10 Å². The first-order chi connectivity index (χ1) is 11.3. The van der Waals surface area contributed by atoms with Crippen molar-refractivity contribution in [3.63, 3.8) is 0 Å². The summed E-state index contributed by atoms with van der Waals surface area (Å²) in [7, 11) is 0. The fourth-order valence-corrected chi connectivity index (χ4v) is 2.16. The maximum atomic E-state index is 12.2. The van der Waals surface area contributed by atoms with Crippen LogP contribution in [0.4, 0.5) is 5.69 Å². The molecule has 0 saturated heterocycles. The Balaban J connectivity index is 1.97. The lowest BCUT2D eigenvalue weighted by molar-refractivity contribution is -0.122. The zero-order valence-corrected chi connectivity index (χ0v) is 14.5. The van der Waals surface area contributed by atoms with Crippen LogP contribution in [-0.2, 0) is 10.2 Å². The lowest BCUT2D eigenvalue weighted by Gasteiger charge is -2.20. The molecule has 1 amide bonds. The first kappa shape index (κ1) is 17.6. The Labute approximate surface area is 143 Å². The van der Waals surface area contributed by atoms with E-state index in [9.17, 15) is 4.79 Å². The molecule has 1 N–H and O–H groups in total. The molecule has 0 heterocycles. The van der Waals surface area contributed by atoms with Gasteiger partial charge in [-0.25, -0.2) is 0 Å². The van der Waals surface area contributed by atoms with Gasteiger partial charge < -0.3 is 10.1 Å². The van der Waals surface area contributed by atoms with Crippen molar-refractivity contribution < 1.29 is 9.53 Å². The highest BCUT2D eigenvalue weighted by Gasteiger charge is 2.16. The fraction of sp³-hybridized carbons (Fsp3) is 0.300. The summed E-state index contributed by atoms with van der Waals surface area (Å²) in [5.74, 6) is 0.421. The van der Waals surface area contributed by atoms with Crippen LogP contribution in [0.15, 0.2) is 48.5 Å². The molecule has 0 aliphatic carbocycles. The number of carbonyl (C=O) groups excluding carboxylic acids is 1. The highest BCUT2D eigenvalue weighted by Crippen LogP contribution is 2.24. The maximum absolute atomic E-state index is 12.2. The molecule has 0 saturated carbocycles. The molecule has 0 aliphatic heterocycles. The number of nitriles is 1. The van der Waals surface area contributed by atoms with Crippen LogP contribution in [0.2, 0.25) is 0 Å². The topological polar surface area (TPSA) is 62.1 Å². The third-order valence-corrected chi connectivity index (χ3v) is 3.68. The minimum atomic E-state index is -0.624. The Kier molecular flexibility index (Phi) is 5.25. The number of nitrogens with one attached hydrogen (secondary N) is 1. The van der Waals surface area contributed by atoms with Crippen molar-refractivity contribution in [1.82, 2.24) is 0 Å². The second-order valence-electron chi connectivity index (χ2n) is 6.71. The second kappa shape index (κ2) is 7.18. The van der Waals surface area contributed by atoms with E-state index < -0.39 is 6.10 Å². The quantitative estimate of drug-likeness (QED) is 0.914. The minimum Gasteiger partial charge on any atom is -0.481 e. The molecule has 24 heavy (non-hydrogen) atoms. The fourth-order valence-electron chi connectivity index (χ4n) is 2.16. The van der Waals surface area contributed by atoms with Crippen LogP contribution >= 0.6 is 0 Å². The number of hydrogen-bond acceptors (Lipinski definition) is 3. The van der Waals surface area contributed by atoms with Gasteiger partial charge in [0.25, 0.3) is 5.91 Å². The summed E-state index contributed by atoms with van der Waals surface area (Å²) in [5.41, 5.74) is 2.48. The number of hydrogen-bond donors (Lipinski definition) is 1. The molecule has 0 spiro atoms. The van der Waals surface area contributed by atoms with Crippen molar-refractivity contribution >= 4 is 11.6 Å². The number of benzene rings is 2. The number of ether oxygens (including phenoxy) is 1. The molecule has 2 aromatic rings. The van der Waals surface area contributed by atoms with Gasteiger partial charge in [-0.1, -0.05) is 32.9 Å². The largest absolute Gasteiger partial charge is 0.481 e. The number of nitrogens with zero attached hydrogens (tertiary/aromatic N) is 1. The second-order valence-corrected chi connectivity index (χ2v) is 6.71. The number of anilines is 1. The van der Waals surface area contributed by atoms with Gasteiger partial charge in [0.1, 0.15) is 5.75 Å². The van der Waals surface area contributed by atoms with Gasteiger partial charge >= 0.3 is 0 Å². The Morgan fingerprint density at radius 2 is 1.67 bits per heavy atom. The van der Waals surface area contributed by atoms with E-state index in [2.05, 4.69) is 26.1 Å². The lowest BCUT2D eigenvalue weighted by Crippen LogP contribution is -2.30. The van der Waals surface area contributed by atoms with E-state index in [1.54, 1.807) is 31.2 Å². The van der Waals surface area contributed by atoms with E-state index in [0.29, 0.717) is 17.0 Å². The summed E-state index contributed by atoms with van der Waals surface area (Å²) >= 11 is 0. The summed E-state index contributed by atoms with van der Waals surface area (Å²) in [6.07, 6.45) is -0.624. The molecule has 2 rings (SSSR count). The molecular weight excluding hydrogens is 300 g/mol. The van der Waals surface area contributed by atoms with Crippen LogP contribution in [0.1, 0.15) is 38.8 Å². The molecule has 4 nitrogen and oxygen atoms in total. The van der Waals surface area contributed by atoms with Crippen molar-refractivity contribution in [2.45, 2.75) is 39.2 Å². The molecule has 0 aliphatic rings. The monoisotopic (exact) mass is 322 g/mol. The van der Waals surface area contributed by atoms with Gasteiger partial charge in [0, 0.05) is 5.69 Å². The van der Waals surface area contributed by atoms with Crippen molar-refractivity contribution in [2.24, 2.45) is 0 Å². The van der Waals surface area contributed by atoms with Crippen LogP contribution in [0.3, 0.4) is 0 Å². The summed E-state index contributed by atoms with van der Waals surface area (Å²) < 4.78 is 5.70. The molecular formula is C20H22N2O2. The molecule has 124 valence electrons. The molecule has 0 radical (unpaired) electrons. The van der Waals surface area contributed by atoms with Gasteiger partial charge in [-0.15, -0.1) is 0 Å². The van der Waals surface area contributed by atoms with Crippen LogP contribution in [0, 0.1) is 11.3 Å². The number of amides is 1. The highest BCUT2D eigenvalue weighted by atomic mass is 16.5. The molecule has 2 aromatic carbocycles. The highest BCUT2D eigenvalue weighted by molar-refractivity contribution is 5.94. The SMILES string of the molecule is C[C@@H](Oc1ccc(C(C)(C)C)cc1)C(=O)Nc1ccc(C#N)cc1. The van der Waals surface area contributed by atoms with E-state index in [1.807, 2.05) is 30.3 Å². The van der Waals surface area contributed by atoms with E-state index >= 15 is 0 Å². The van der Waals surface area contributed by atoms with Crippen molar-refractivity contribution in [3.05, 3.63) is 59.7 Å². The zero-order valence-electron chi connectivity index (χ0n) is 14.5. The number of carbonyl (C=O) groups is 1. The molecule has 0 fully saturated rings. The normalized spacial score (nSPS) is 12.1. The van der Waals surface area contributed by atoms with Gasteiger partial charge in [-0.3, -0.25) is 4.79 Å². The molecule has 4 heteroatoms. The molecule has 1 atom stereocenters. The molecule has 0 aromatic heterocycles. The minimum absolute atomic E-state index is 0.0805. The predicted molar refractivity (Wildman–Crippen MR) is 95.0 cm³/mol. The van der Waals surface area contributed by atoms with E-state index in [0.717, 1.165) is 0 Å². The Morgan fingerprint density at radius 1 is 1.08 bits per heavy atom. The molecule has 0 unspecified atom stereocenters. The smallest absolute Gasteiger partial charge is 0.265 e.